The van der Waals surface area contributed by atoms with Crippen LogP contribution in [0.2, 0.25) is 0 Å². The molecule has 118 valence electrons. The van der Waals surface area contributed by atoms with Crippen LogP contribution < -0.4 is 10.2 Å². The maximum Gasteiger partial charge on any atom is 0.244 e. The molecule has 2 rings (SSSR count). The maximum atomic E-state index is 12.2. The molecule has 0 aromatic heterocycles. The van der Waals surface area contributed by atoms with E-state index in [0.717, 1.165) is 0 Å². The van der Waals surface area contributed by atoms with E-state index < -0.39 is 0 Å². The van der Waals surface area contributed by atoms with Gasteiger partial charge in [0.05, 0.1) is 23.3 Å². The SMILES string of the molecule is CC(=O)N(CC(=O)Nc1ccc(C#N)cc1)c1cccc(C#N)c1. The van der Waals surface area contributed by atoms with Crippen molar-refractivity contribution in [2.24, 2.45) is 0 Å². The summed E-state index contributed by atoms with van der Waals surface area (Å²) >= 11 is 0. The summed E-state index contributed by atoms with van der Waals surface area (Å²) in [5, 5.41) is 20.4. The van der Waals surface area contributed by atoms with E-state index in [0.29, 0.717) is 22.5 Å². The molecule has 24 heavy (non-hydrogen) atoms. The number of rotatable bonds is 4. The summed E-state index contributed by atoms with van der Waals surface area (Å²) in [4.78, 5) is 25.3. The van der Waals surface area contributed by atoms with Crippen LogP contribution in [-0.4, -0.2) is 18.4 Å². The largest absolute Gasteiger partial charge is 0.325 e. The Balaban J connectivity index is 2.12. The molecule has 0 radical (unpaired) electrons. The number of nitriles is 2. The molecular formula is C18H14N4O2. The molecule has 0 fully saturated rings. The first-order valence-corrected chi connectivity index (χ1v) is 7.12. The number of amides is 2. The van der Waals surface area contributed by atoms with Crippen molar-refractivity contribution in [1.29, 1.82) is 10.5 Å². The molecule has 6 heteroatoms. The van der Waals surface area contributed by atoms with Gasteiger partial charge in [0.25, 0.3) is 0 Å². The van der Waals surface area contributed by atoms with Crippen molar-refractivity contribution in [3.05, 3.63) is 59.7 Å². The minimum atomic E-state index is -0.378. The third-order valence-electron chi connectivity index (χ3n) is 3.27. The molecule has 0 atom stereocenters. The minimum absolute atomic E-state index is 0.176. The third-order valence-corrected chi connectivity index (χ3v) is 3.27. The highest BCUT2D eigenvalue weighted by Gasteiger charge is 2.16. The zero-order valence-corrected chi connectivity index (χ0v) is 13.0. The highest BCUT2D eigenvalue weighted by molar-refractivity contribution is 6.01. The van der Waals surface area contributed by atoms with Gasteiger partial charge in [0, 0.05) is 18.3 Å². The lowest BCUT2D eigenvalue weighted by molar-refractivity contribution is -0.120. The van der Waals surface area contributed by atoms with Crippen LogP contribution in [0.4, 0.5) is 11.4 Å². The molecule has 0 aliphatic carbocycles. The molecule has 0 saturated heterocycles. The average molecular weight is 318 g/mol. The molecule has 0 aliphatic rings. The fourth-order valence-electron chi connectivity index (χ4n) is 2.10. The summed E-state index contributed by atoms with van der Waals surface area (Å²) < 4.78 is 0. The minimum Gasteiger partial charge on any atom is -0.325 e. The molecule has 0 aliphatic heterocycles. The summed E-state index contributed by atoms with van der Waals surface area (Å²) in [6, 6.07) is 16.9. The quantitative estimate of drug-likeness (QED) is 0.936. The van der Waals surface area contributed by atoms with Gasteiger partial charge in [0.1, 0.15) is 6.54 Å². The van der Waals surface area contributed by atoms with Crippen molar-refractivity contribution in [3.8, 4) is 12.1 Å². The van der Waals surface area contributed by atoms with Crippen LogP contribution in [0.3, 0.4) is 0 Å². The molecule has 0 bridgehead atoms. The van der Waals surface area contributed by atoms with Crippen molar-refractivity contribution < 1.29 is 9.59 Å². The zero-order chi connectivity index (χ0) is 17.5. The fraction of sp³-hybridized carbons (Fsp3) is 0.111. The predicted molar refractivity (Wildman–Crippen MR) is 89.0 cm³/mol. The smallest absolute Gasteiger partial charge is 0.244 e. The molecule has 0 saturated carbocycles. The lowest BCUT2D eigenvalue weighted by Gasteiger charge is -2.20. The van der Waals surface area contributed by atoms with Gasteiger partial charge in [-0.05, 0) is 42.5 Å². The second-order valence-corrected chi connectivity index (χ2v) is 5.00. The topological polar surface area (TPSA) is 97.0 Å². The van der Waals surface area contributed by atoms with Crippen LogP contribution in [-0.2, 0) is 9.59 Å². The van der Waals surface area contributed by atoms with Gasteiger partial charge in [0.2, 0.25) is 11.8 Å². The summed E-state index contributed by atoms with van der Waals surface area (Å²) in [5.74, 6) is -0.683. The Hall–Kier alpha value is -3.64. The standard InChI is InChI=1S/C18H14N4O2/c1-13(23)22(17-4-2-3-15(9-17)11-20)12-18(24)21-16-7-5-14(10-19)6-8-16/h2-9H,12H2,1H3,(H,21,24). The highest BCUT2D eigenvalue weighted by Crippen LogP contribution is 2.16. The Morgan fingerprint density at radius 1 is 1.04 bits per heavy atom. The van der Waals surface area contributed by atoms with E-state index in [1.54, 1.807) is 48.5 Å². The third kappa shape index (κ3) is 4.19. The average Bonchev–Trinajstić information content (AvgIpc) is 2.60. The molecule has 1 N–H and O–H groups in total. The number of anilines is 2. The summed E-state index contributed by atoms with van der Waals surface area (Å²) in [6.07, 6.45) is 0. The lowest BCUT2D eigenvalue weighted by Crippen LogP contribution is -2.36. The zero-order valence-electron chi connectivity index (χ0n) is 13.0. The fourth-order valence-corrected chi connectivity index (χ4v) is 2.10. The molecule has 0 heterocycles. The van der Waals surface area contributed by atoms with Crippen LogP contribution >= 0.6 is 0 Å². The normalized spacial score (nSPS) is 9.46. The van der Waals surface area contributed by atoms with Gasteiger partial charge in [-0.1, -0.05) is 6.07 Å². The first-order chi connectivity index (χ1) is 11.5. The number of benzene rings is 2. The van der Waals surface area contributed by atoms with Crippen molar-refractivity contribution >= 4 is 23.2 Å². The van der Waals surface area contributed by atoms with Gasteiger partial charge in [-0.2, -0.15) is 10.5 Å². The molecule has 0 spiro atoms. The van der Waals surface area contributed by atoms with Crippen LogP contribution in [0, 0.1) is 22.7 Å². The van der Waals surface area contributed by atoms with Gasteiger partial charge in [-0.25, -0.2) is 0 Å². The maximum absolute atomic E-state index is 12.2. The Morgan fingerprint density at radius 3 is 2.29 bits per heavy atom. The Bertz CT molecular complexity index is 845. The van der Waals surface area contributed by atoms with Gasteiger partial charge in [-0.3, -0.25) is 9.59 Å². The molecular weight excluding hydrogens is 304 g/mol. The Kier molecular flexibility index (Phi) is 5.28. The van der Waals surface area contributed by atoms with Gasteiger partial charge in [0.15, 0.2) is 0 Å². The predicted octanol–water partition coefficient (Wildman–Crippen LogP) is 2.42. The van der Waals surface area contributed by atoms with Crippen molar-refractivity contribution in [2.75, 3.05) is 16.8 Å². The van der Waals surface area contributed by atoms with E-state index in [1.165, 1.54) is 11.8 Å². The van der Waals surface area contributed by atoms with E-state index in [-0.39, 0.29) is 18.4 Å². The highest BCUT2D eigenvalue weighted by atomic mass is 16.2. The van der Waals surface area contributed by atoms with E-state index in [1.807, 2.05) is 12.1 Å². The van der Waals surface area contributed by atoms with Crippen LogP contribution in [0.1, 0.15) is 18.1 Å². The van der Waals surface area contributed by atoms with Crippen molar-refractivity contribution in [3.63, 3.8) is 0 Å². The van der Waals surface area contributed by atoms with Gasteiger partial charge < -0.3 is 10.2 Å². The summed E-state index contributed by atoms with van der Waals surface area (Å²) in [7, 11) is 0. The van der Waals surface area contributed by atoms with Gasteiger partial charge in [-0.15, -0.1) is 0 Å². The number of carbonyl (C=O) groups is 2. The van der Waals surface area contributed by atoms with Crippen molar-refractivity contribution in [2.45, 2.75) is 6.92 Å². The Labute approximate surface area is 139 Å². The Morgan fingerprint density at radius 2 is 1.71 bits per heavy atom. The summed E-state index contributed by atoms with van der Waals surface area (Å²) in [6.45, 7) is 1.18. The second kappa shape index (κ2) is 7.57. The van der Waals surface area contributed by atoms with E-state index in [4.69, 9.17) is 10.5 Å². The van der Waals surface area contributed by atoms with Crippen LogP contribution in [0.5, 0.6) is 0 Å². The van der Waals surface area contributed by atoms with E-state index >= 15 is 0 Å². The number of carbonyl (C=O) groups excluding carboxylic acids is 2. The van der Waals surface area contributed by atoms with E-state index in [9.17, 15) is 9.59 Å². The number of hydrogen-bond donors (Lipinski definition) is 1. The number of nitrogens with one attached hydrogen (secondary N) is 1. The van der Waals surface area contributed by atoms with Crippen LogP contribution in [0.15, 0.2) is 48.5 Å². The molecule has 2 aromatic rings. The second-order valence-electron chi connectivity index (χ2n) is 5.00. The molecule has 2 aromatic carbocycles. The first-order valence-electron chi connectivity index (χ1n) is 7.12. The molecule has 2 amide bonds. The molecule has 6 nitrogen and oxygen atoms in total. The first kappa shape index (κ1) is 16.7. The number of hydrogen-bond acceptors (Lipinski definition) is 4. The lowest BCUT2D eigenvalue weighted by atomic mass is 10.2. The van der Waals surface area contributed by atoms with Crippen LogP contribution in [0.25, 0.3) is 0 Å². The number of nitrogens with zero attached hydrogens (tertiary/aromatic N) is 3. The summed E-state index contributed by atoms with van der Waals surface area (Å²) in [5.41, 5.74) is 1.92. The van der Waals surface area contributed by atoms with Crippen molar-refractivity contribution in [1.82, 2.24) is 0 Å². The molecule has 0 unspecified atom stereocenters. The van der Waals surface area contributed by atoms with Gasteiger partial charge >= 0.3 is 0 Å². The van der Waals surface area contributed by atoms with E-state index in [2.05, 4.69) is 5.32 Å². The monoisotopic (exact) mass is 318 g/mol.